The van der Waals surface area contributed by atoms with Gasteiger partial charge in [0.2, 0.25) is 0 Å². The van der Waals surface area contributed by atoms with E-state index < -0.39 is 0 Å². The summed E-state index contributed by atoms with van der Waals surface area (Å²) in [6, 6.07) is 13.8. The quantitative estimate of drug-likeness (QED) is 0.714. The van der Waals surface area contributed by atoms with Crippen LogP contribution in [0.5, 0.6) is 5.75 Å². The SMILES string of the molecule is Cc1ccc2c(Nc3ccc(O)c(CN(C)C)c3)ccnc2c1. The van der Waals surface area contributed by atoms with Crippen LogP contribution in [0.25, 0.3) is 10.9 Å². The van der Waals surface area contributed by atoms with E-state index in [1.54, 1.807) is 6.07 Å². The summed E-state index contributed by atoms with van der Waals surface area (Å²) >= 11 is 0. The molecular formula is C19H21N3O. The molecule has 0 saturated heterocycles. The summed E-state index contributed by atoms with van der Waals surface area (Å²) < 4.78 is 0. The second-order valence-electron chi connectivity index (χ2n) is 6.09. The van der Waals surface area contributed by atoms with Gasteiger partial charge in [-0.15, -0.1) is 0 Å². The van der Waals surface area contributed by atoms with Crippen LogP contribution in [0, 0.1) is 6.92 Å². The van der Waals surface area contributed by atoms with Crippen LogP contribution in [0.15, 0.2) is 48.7 Å². The van der Waals surface area contributed by atoms with Crippen molar-refractivity contribution in [2.75, 3.05) is 19.4 Å². The summed E-state index contributed by atoms with van der Waals surface area (Å²) in [5.74, 6) is 0.319. The Morgan fingerprint density at radius 1 is 1.09 bits per heavy atom. The van der Waals surface area contributed by atoms with Crippen molar-refractivity contribution < 1.29 is 5.11 Å². The molecule has 1 heterocycles. The maximum atomic E-state index is 9.99. The number of hydrogen-bond acceptors (Lipinski definition) is 4. The lowest BCUT2D eigenvalue weighted by atomic mass is 10.1. The smallest absolute Gasteiger partial charge is 0.120 e. The highest BCUT2D eigenvalue weighted by molar-refractivity contribution is 5.93. The van der Waals surface area contributed by atoms with Gasteiger partial charge in [0.15, 0.2) is 0 Å². The standard InChI is InChI=1S/C19H21N3O/c1-13-4-6-16-17(8-9-20-18(16)10-13)21-15-5-7-19(23)14(11-15)12-22(2)3/h4-11,23H,12H2,1-3H3,(H,20,21). The van der Waals surface area contributed by atoms with Crippen molar-refractivity contribution in [3.05, 3.63) is 59.8 Å². The molecule has 0 aliphatic rings. The largest absolute Gasteiger partial charge is 0.508 e. The molecular weight excluding hydrogens is 286 g/mol. The van der Waals surface area contributed by atoms with Gasteiger partial charge in [-0.2, -0.15) is 0 Å². The van der Waals surface area contributed by atoms with Crippen molar-refractivity contribution in [2.45, 2.75) is 13.5 Å². The lowest BCUT2D eigenvalue weighted by molar-refractivity contribution is 0.386. The molecule has 0 radical (unpaired) electrons. The fourth-order valence-electron chi connectivity index (χ4n) is 2.65. The van der Waals surface area contributed by atoms with Crippen molar-refractivity contribution >= 4 is 22.3 Å². The predicted octanol–water partition coefficient (Wildman–Crippen LogP) is 4.05. The Hall–Kier alpha value is -2.59. The molecule has 2 N–H and O–H groups in total. The molecule has 3 rings (SSSR count). The molecule has 0 spiro atoms. The van der Waals surface area contributed by atoms with Crippen molar-refractivity contribution in [1.82, 2.24) is 9.88 Å². The molecule has 23 heavy (non-hydrogen) atoms. The van der Waals surface area contributed by atoms with Crippen LogP contribution in [0.2, 0.25) is 0 Å². The average molecular weight is 307 g/mol. The Morgan fingerprint density at radius 2 is 1.91 bits per heavy atom. The normalized spacial score (nSPS) is 11.1. The van der Waals surface area contributed by atoms with Gasteiger partial charge in [0, 0.05) is 35.1 Å². The summed E-state index contributed by atoms with van der Waals surface area (Å²) in [6.45, 7) is 2.76. The number of phenols is 1. The van der Waals surface area contributed by atoms with Crippen LogP contribution < -0.4 is 5.32 Å². The van der Waals surface area contributed by atoms with Gasteiger partial charge < -0.3 is 15.3 Å². The van der Waals surface area contributed by atoms with E-state index in [0.717, 1.165) is 27.8 Å². The minimum atomic E-state index is 0.319. The molecule has 4 nitrogen and oxygen atoms in total. The summed E-state index contributed by atoms with van der Waals surface area (Å²) in [5.41, 5.74) is 5.03. The first-order valence-electron chi connectivity index (χ1n) is 7.62. The zero-order valence-corrected chi connectivity index (χ0v) is 13.7. The maximum absolute atomic E-state index is 9.99. The number of pyridine rings is 1. The van der Waals surface area contributed by atoms with Crippen molar-refractivity contribution in [1.29, 1.82) is 0 Å². The molecule has 0 unspecified atom stereocenters. The van der Waals surface area contributed by atoms with Gasteiger partial charge in [0.1, 0.15) is 5.75 Å². The van der Waals surface area contributed by atoms with Gasteiger partial charge in [-0.1, -0.05) is 12.1 Å². The van der Waals surface area contributed by atoms with Gasteiger partial charge in [0.25, 0.3) is 0 Å². The third kappa shape index (κ3) is 3.43. The number of rotatable bonds is 4. The number of anilines is 2. The van der Waals surface area contributed by atoms with Crippen LogP contribution >= 0.6 is 0 Å². The first-order chi connectivity index (χ1) is 11.0. The number of fused-ring (bicyclic) bond motifs is 1. The third-order valence-corrected chi connectivity index (χ3v) is 3.74. The summed E-state index contributed by atoms with van der Waals surface area (Å²) in [6.07, 6.45) is 1.81. The Balaban J connectivity index is 1.96. The molecule has 0 aliphatic carbocycles. The summed E-state index contributed by atoms with van der Waals surface area (Å²) in [4.78, 5) is 6.46. The molecule has 0 saturated carbocycles. The number of aryl methyl sites for hydroxylation is 1. The molecule has 0 fully saturated rings. The maximum Gasteiger partial charge on any atom is 0.120 e. The summed E-state index contributed by atoms with van der Waals surface area (Å²) in [7, 11) is 3.97. The van der Waals surface area contributed by atoms with Crippen LogP contribution in [0.4, 0.5) is 11.4 Å². The molecule has 4 heteroatoms. The number of aromatic hydroxyl groups is 1. The highest BCUT2D eigenvalue weighted by Gasteiger charge is 2.07. The fraction of sp³-hybridized carbons (Fsp3) is 0.211. The first kappa shape index (κ1) is 15.3. The van der Waals surface area contributed by atoms with E-state index >= 15 is 0 Å². The molecule has 2 aromatic carbocycles. The summed E-state index contributed by atoms with van der Waals surface area (Å²) in [5, 5.41) is 14.5. The lowest BCUT2D eigenvalue weighted by Crippen LogP contribution is -2.10. The minimum Gasteiger partial charge on any atom is -0.508 e. The van der Waals surface area contributed by atoms with Gasteiger partial charge in [0.05, 0.1) is 5.52 Å². The van der Waals surface area contributed by atoms with E-state index in [4.69, 9.17) is 0 Å². The van der Waals surface area contributed by atoms with Crippen molar-refractivity contribution in [2.24, 2.45) is 0 Å². The number of hydrogen-bond donors (Lipinski definition) is 2. The highest BCUT2D eigenvalue weighted by Crippen LogP contribution is 2.28. The van der Waals surface area contributed by atoms with Gasteiger partial charge in [-0.05, 0) is 56.9 Å². The van der Waals surface area contributed by atoms with E-state index in [0.29, 0.717) is 12.3 Å². The molecule has 0 amide bonds. The van der Waals surface area contributed by atoms with Gasteiger partial charge in [-0.25, -0.2) is 0 Å². The molecule has 118 valence electrons. The van der Waals surface area contributed by atoms with Crippen LogP contribution in [0.1, 0.15) is 11.1 Å². The minimum absolute atomic E-state index is 0.319. The van der Waals surface area contributed by atoms with Crippen LogP contribution in [-0.2, 0) is 6.54 Å². The van der Waals surface area contributed by atoms with Crippen LogP contribution in [0.3, 0.4) is 0 Å². The zero-order chi connectivity index (χ0) is 16.4. The first-order valence-corrected chi connectivity index (χ1v) is 7.62. The Labute approximate surface area is 136 Å². The Bertz CT molecular complexity index is 843. The molecule has 0 atom stereocenters. The number of nitrogens with one attached hydrogen (secondary N) is 1. The average Bonchev–Trinajstić information content (AvgIpc) is 2.50. The van der Waals surface area contributed by atoms with Crippen molar-refractivity contribution in [3.8, 4) is 5.75 Å². The third-order valence-electron chi connectivity index (χ3n) is 3.74. The fourth-order valence-corrected chi connectivity index (χ4v) is 2.65. The van der Waals surface area contributed by atoms with Gasteiger partial charge >= 0.3 is 0 Å². The number of phenolic OH excluding ortho intramolecular Hbond substituents is 1. The van der Waals surface area contributed by atoms with E-state index in [1.807, 2.05) is 43.4 Å². The van der Waals surface area contributed by atoms with E-state index in [2.05, 4.69) is 35.4 Å². The monoisotopic (exact) mass is 307 g/mol. The molecule has 3 aromatic rings. The van der Waals surface area contributed by atoms with Crippen LogP contribution in [-0.4, -0.2) is 29.1 Å². The van der Waals surface area contributed by atoms with E-state index in [1.165, 1.54) is 5.56 Å². The molecule has 0 aliphatic heterocycles. The molecule has 0 bridgehead atoms. The molecule has 1 aromatic heterocycles. The lowest BCUT2D eigenvalue weighted by Gasteiger charge is -2.14. The van der Waals surface area contributed by atoms with Crippen molar-refractivity contribution in [3.63, 3.8) is 0 Å². The highest BCUT2D eigenvalue weighted by atomic mass is 16.3. The van der Waals surface area contributed by atoms with E-state index in [-0.39, 0.29) is 0 Å². The number of benzene rings is 2. The number of aromatic nitrogens is 1. The zero-order valence-electron chi connectivity index (χ0n) is 13.7. The second-order valence-corrected chi connectivity index (χ2v) is 6.09. The second kappa shape index (κ2) is 6.26. The Morgan fingerprint density at radius 3 is 2.70 bits per heavy atom. The predicted molar refractivity (Wildman–Crippen MR) is 95.3 cm³/mol. The Kier molecular flexibility index (Phi) is 4.17. The number of nitrogens with zero attached hydrogens (tertiary/aromatic N) is 2. The van der Waals surface area contributed by atoms with Gasteiger partial charge in [-0.3, -0.25) is 4.98 Å². The van der Waals surface area contributed by atoms with E-state index in [9.17, 15) is 5.11 Å². The topological polar surface area (TPSA) is 48.4 Å².